The number of hydrogen-bond donors (Lipinski definition) is 3. The Hall–Kier alpha value is -2.38. The predicted molar refractivity (Wildman–Crippen MR) is 119 cm³/mol. The van der Waals surface area contributed by atoms with Gasteiger partial charge in [0.05, 0.1) is 19.4 Å². The van der Waals surface area contributed by atoms with Crippen molar-refractivity contribution < 1.29 is 28.5 Å². The van der Waals surface area contributed by atoms with E-state index >= 15 is 0 Å². The van der Waals surface area contributed by atoms with Crippen molar-refractivity contribution in [2.24, 2.45) is 0 Å². The van der Waals surface area contributed by atoms with Gasteiger partial charge in [-0.1, -0.05) is 0 Å². The number of aromatic amines is 1. The standard InChI is InChI=1S/C19H17BrN5O7P/c1-29-9-4-2-8(3-5-9)10-6-24-16(27)12-15(23-19(24)21-10)25(18(20)22-12)17-13(26)14-11(31-17)7-30-33(28)32-14/h2-6,11,13-14,17,26,28H,7H2,1H3,(H,21,23). The first-order valence-electron chi connectivity index (χ1n) is 9.90. The van der Waals surface area contributed by atoms with Crippen molar-refractivity contribution in [2.75, 3.05) is 13.7 Å². The summed E-state index contributed by atoms with van der Waals surface area (Å²) >= 11 is 3.35. The van der Waals surface area contributed by atoms with Crippen LogP contribution in [0.2, 0.25) is 0 Å². The lowest BCUT2D eigenvalue weighted by Crippen LogP contribution is -2.38. The zero-order valence-corrected chi connectivity index (χ0v) is 19.4. The average molecular weight is 538 g/mol. The van der Waals surface area contributed by atoms with Gasteiger partial charge in [0.2, 0.25) is 5.78 Å². The fraction of sp³-hybridized carbons (Fsp3) is 0.316. The van der Waals surface area contributed by atoms with Crippen LogP contribution in [0.3, 0.4) is 0 Å². The maximum absolute atomic E-state index is 13.2. The third-order valence-corrected chi connectivity index (χ3v) is 7.09. The molecule has 12 nitrogen and oxygen atoms in total. The Bertz CT molecular complexity index is 1420. The van der Waals surface area contributed by atoms with Crippen LogP contribution in [0.15, 0.2) is 40.0 Å². The molecule has 0 bridgehead atoms. The minimum atomic E-state index is -2.08. The van der Waals surface area contributed by atoms with Crippen molar-refractivity contribution in [3.05, 3.63) is 45.5 Å². The summed E-state index contributed by atoms with van der Waals surface area (Å²) in [5, 5.41) is 10.8. The third kappa shape index (κ3) is 3.31. The quantitative estimate of drug-likeness (QED) is 0.262. The van der Waals surface area contributed by atoms with Gasteiger partial charge in [0.1, 0.15) is 24.1 Å². The van der Waals surface area contributed by atoms with Gasteiger partial charge in [0, 0.05) is 6.20 Å². The molecule has 5 heterocycles. The van der Waals surface area contributed by atoms with Crippen LogP contribution < -0.4 is 10.3 Å². The summed E-state index contributed by atoms with van der Waals surface area (Å²) in [4.78, 5) is 34.9. The first-order chi connectivity index (χ1) is 15.9. The highest BCUT2D eigenvalue weighted by atomic mass is 79.9. The Morgan fingerprint density at radius 2 is 2.09 bits per heavy atom. The lowest BCUT2D eigenvalue weighted by Gasteiger charge is -2.27. The fourth-order valence-electron chi connectivity index (χ4n) is 4.11. The first-order valence-corrected chi connectivity index (χ1v) is 11.8. The first kappa shape index (κ1) is 21.2. The van der Waals surface area contributed by atoms with Crippen molar-refractivity contribution in [3.8, 4) is 17.0 Å². The number of halogens is 1. The Kier molecular flexibility index (Phi) is 5.03. The topological polar surface area (TPSA) is 145 Å². The summed E-state index contributed by atoms with van der Waals surface area (Å²) in [6.07, 6.45) is -1.79. The molecule has 172 valence electrons. The molecule has 14 heteroatoms. The van der Waals surface area contributed by atoms with E-state index in [0.717, 1.165) is 11.3 Å². The summed E-state index contributed by atoms with van der Waals surface area (Å²) in [5.74, 6) is 1.02. The van der Waals surface area contributed by atoms with Crippen molar-refractivity contribution in [3.63, 3.8) is 0 Å². The van der Waals surface area contributed by atoms with Crippen molar-refractivity contribution in [2.45, 2.75) is 24.5 Å². The highest BCUT2D eigenvalue weighted by molar-refractivity contribution is 9.10. The molecule has 33 heavy (non-hydrogen) atoms. The molecule has 0 spiro atoms. The Morgan fingerprint density at radius 3 is 2.85 bits per heavy atom. The van der Waals surface area contributed by atoms with Crippen LogP contribution in [-0.2, 0) is 13.8 Å². The van der Waals surface area contributed by atoms with E-state index in [4.69, 9.17) is 18.5 Å². The van der Waals surface area contributed by atoms with Crippen LogP contribution in [0, 0.1) is 0 Å². The maximum atomic E-state index is 13.2. The van der Waals surface area contributed by atoms with Crippen LogP contribution in [0.4, 0.5) is 0 Å². The number of aliphatic hydroxyl groups is 1. The van der Waals surface area contributed by atoms with Gasteiger partial charge in [-0.15, -0.1) is 0 Å². The molecule has 5 unspecified atom stereocenters. The number of methoxy groups -OCH3 is 1. The lowest BCUT2D eigenvalue weighted by molar-refractivity contribution is -0.0594. The lowest BCUT2D eigenvalue weighted by atomic mass is 10.1. The van der Waals surface area contributed by atoms with Crippen LogP contribution >= 0.6 is 24.5 Å². The Balaban J connectivity index is 1.45. The highest BCUT2D eigenvalue weighted by Crippen LogP contribution is 2.47. The molecule has 2 aliphatic rings. The summed E-state index contributed by atoms with van der Waals surface area (Å²) in [6, 6.07) is 7.38. The number of imidazole rings is 2. The van der Waals surface area contributed by atoms with Gasteiger partial charge in [0.25, 0.3) is 5.56 Å². The summed E-state index contributed by atoms with van der Waals surface area (Å²) in [5.41, 5.74) is 1.48. The minimum Gasteiger partial charge on any atom is -0.497 e. The molecule has 3 aromatic heterocycles. The molecule has 1 aromatic carbocycles. The molecule has 6 rings (SSSR count). The van der Waals surface area contributed by atoms with Crippen LogP contribution in [0.5, 0.6) is 5.75 Å². The van der Waals surface area contributed by atoms with Gasteiger partial charge >= 0.3 is 8.60 Å². The van der Waals surface area contributed by atoms with E-state index in [9.17, 15) is 14.8 Å². The number of aromatic nitrogens is 5. The number of hydrogen-bond acceptors (Lipinski definition) is 9. The highest BCUT2D eigenvalue weighted by Gasteiger charge is 2.50. The monoisotopic (exact) mass is 537 g/mol. The second kappa shape index (κ2) is 7.84. The van der Waals surface area contributed by atoms with Crippen molar-refractivity contribution in [1.82, 2.24) is 23.9 Å². The van der Waals surface area contributed by atoms with E-state index in [1.54, 1.807) is 13.3 Å². The zero-order valence-electron chi connectivity index (χ0n) is 17.0. The molecule has 4 aromatic rings. The van der Waals surface area contributed by atoms with Gasteiger partial charge in [-0.05, 0) is 45.8 Å². The Morgan fingerprint density at radius 1 is 1.30 bits per heavy atom. The number of fused-ring (bicyclic) bond motifs is 3. The number of ether oxygens (including phenoxy) is 2. The largest absolute Gasteiger partial charge is 0.497 e. The maximum Gasteiger partial charge on any atom is 0.330 e. The number of nitrogens with zero attached hydrogens (tertiary/aromatic N) is 4. The van der Waals surface area contributed by atoms with Gasteiger partial charge in [-0.2, -0.15) is 4.98 Å². The number of H-pyrrole nitrogens is 1. The number of rotatable bonds is 3. The van der Waals surface area contributed by atoms with E-state index in [1.807, 2.05) is 24.3 Å². The van der Waals surface area contributed by atoms with Gasteiger partial charge in [0.15, 0.2) is 22.1 Å². The second-order valence-corrected chi connectivity index (χ2v) is 9.24. The van der Waals surface area contributed by atoms with Crippen LogP contribution in [-0.4, -0.2) is 65.9 Å². The van der Waals surface area contributed by atoms with Gasteiger partial charge in [-0.25, -0.2) is 9.38 Å². The molecule has 0 amide bonds. The molecule has 2 aliphatic heterocycles. The molecule has 0 saturated carbocycles. The van der Waals surface area contributed by atoms with E-state index in [1.165, 1.54) is 8.97 Å². The molecule has 0 radical (unpaired) electrons. The molecule has 5 atom stereocenters. The van der Waals surface area contributed by atoms with E-state index < -0.39 is 33.1 Å². The number of aliphatic hydroxyl groups excluding tert-OH is 1. The molecule has 2 saturated heterocycles. The smallest absolute Gasteiger partial charge is 0.330 e. The van der Waals surface area contributed by atoms with Gasteiger partial charge in [-0.3, -0.25) is 9.36 Å². The molecule has 0 aliphatic carbocycles. The second-order valence-electron chi connectivity index (χ2n) is 7.59. The van der Waals surface area contributed by atoms with E-state index in [-0.39, 0.29) is 28.1 Å². The van der Waals surface area contributed by atoms with Gasteiger partial charge < -0.3 is 33.5 Å². The number of nitrogens with one attached hydrogen (secondary N) is 1. The van der Waals surface area contributed by atoms with Crippen LogP contribution in [0.1, 0.15) is 6.23 Å². The molecule has 3 N–H and O–H groups in total. The molecular weight excluding hydrogens is 521 g/mol. The van der Waals surface area contributed by atoms with Crippen molar-refractivity contribution >= 4 is 41.5 Å². The zero-order chi connectivity index (χ0) is 22.9. The summed E-state index contributed by atoms with van der Waals surface area (Å²) in [6.45, 7) is 0.0762. The summed E-state index contributed by atoms with van der Waals surface area (Å²) in [7, 11) is -0.486. The molecule has 2 fully saturated rings. The Labute approximate surface area is 194 Å². The predicted octanol–water partition coefficient (Wildman–Crippen LogP) is 1.70. The SMILES string of the molecule is COc1ccc(-c2cn3c(=O)c4nc(Br)n(C5OC6COP(O)OC6C5O)c4nc3[nH]2)cc1. The van der Waals surface area contributed by atoms with Crippen molar-refractivity contribution in [1.29, 1.82) is 0 Å². The third-order valence-electron chi connectivity index (χ3n) is 5.73. The minimum absolute atomic E-state index is 0.0762. The molecular formula is C19H17BrN5O7P. The van der Waals surface area contributed by atoms with Crippen LogP contribution in [0.25, 0.3) is 28.2 Å². The van der Waals surface area contributed by atoms with E-state index in [2.05, 4.69) is 30.9 Å². The fourth-order valence-corrected chi connectivity index (χ4v) is 5.46. The number of benzene rings is 1. The summed E-state index contributed by atoms with van der Waals surface area (Å²) < 4.78 is 24.7. The van der Waals surface area contributed by atoms with E-state index in [0.29, 0.717) is 11.5 Å². The average Bonchev–Trinajstić information content (AvgIpc) is 3.48. The normalized spacial score (nSPS) is 27.3.